The summed E-state index contributed by atoms with van der Waals surface area (Å²) in [6.07, 6.45) is 7.70. The van der Waals surface area contributed by atoms with Gasteiger partial charge in [-0.2, -0.15) is 0 Å². The lowest BCUT2D eigenvalue weighted by Gasteiger charge is -2.39. The van der Waals surface area contributed by atoms with Crippen LogP contribution in [-0.4, -0.2) is 44.3 Å². The van der Waals surface area contributed by atoms with Gasteiger partial charge >= 0.3 is 0 Å². The van der Waals surface area contributed by atoms with E-state index in [1.54, 1.807) is 0 Å². The van der Waals surface area contributed by atoms with E-state index in [9.17, 15) is 5.11 Å². The highest BCUT2D eigenvalue weighted by molar-refractivity contribution is 5.00. The molecule has 4 heteroatoms. The molecule has 1 aliphatic rings. The number of aliphatic hydroxyl groups excluding tert-OH is 1. The minimum absolute atomic E-state index is 0.167. The van der Waals surface area contributed by atoms with E-state index in [1.165, 1.54) is 12.8 Å². The Morgan fingerprint density at radius 3 is 2.68 bits per heavy atom. The van der Waals surface area contributed by atoms with Gasteiger partial charge in [0, 0.05) is 30.9 Å². The van der Waals surface area contributed by atoms with Gasteiger partial charge in [0.15, 0.2) is 0 Å². The van der Waals surface area contributed by atoms with E-state index in [-0.39, 0.29) is 11.6 Å². The van der Waals surface area contributed by atoms with Crippen molar-refractivity contribution in [3.63, 3.8) is 0 Å². The van der Waals surface area contributed by atoms with E-state index < -0.39 is 0 Å². The van der Waals surface area contributed by atoms with Crippen molar-refractivity contribution in [2.45, 2.75) is 64.6 Å². The Labute approximate surface area is 116 Å². The number of hydrogen-bond donors (Lipinski definition) is 1. The van der Waals surface area contributed by atoms with Crippen LogP contribution in [0.1, 0.15) is 45.9 Å². The predicted molar refractivity (Wildman–Crippen MR) is 77.1 cm³/mol. The molecule has 0 aliphatic carbocycles. The zero-order chi connectivity index (χ0) is 13.9. The van der Waals surface area contributed by atoms with Crippen molar-refractivity contribution in [3.8, 4) is 0 Å². The van der Waals surface area contributed by atoms with Gasteiger partial charge in [-0.3, -0.25) is 4.90 Å². The third kappa shape index (κ3) is 3.18. The first-order valence-corrected chi connectivity index (χ1v) is 7.49. The molecule has 1 saturated heterocycles. The maximum absolute atomic E-state index is 10.6. The van der Waals surface area contributed by atoms with E-state index >= 15 is 0 Å². The Balaban J connectivity index is 2.02. The number of aliphatic hydroxyl groups is 1. The Morgan fingerprint density at radius 2 is 2.05 bits per heavy atom. The molecular weight excluding hydrogens is 238 g/mol. The molecule has 1 unspecified atom stereocenters. The van der Waals surface area contributed by atoms with Crippen LogP contribution in [0.15, 0.2) is 12.4 Å². The van der Waals surface area contributed by atoms with Gasteiger partial charge in [-0.05, 0) is 46.2 Å². The summed E-state index contributed by atoms with van der Waals surface area (Å²) in [7, 11) is 0. The molecule has 108 valence electrons. The van der Waals surface area contributed by atoms with Crippen LogP contribution in [-0.2, 0) is 13.0 Å². The van der Waals surface area contributed by atoms with E-state index in [1.807, 2.05) is 12.4 Å². The van der Waals surface area contributed by atoms with E-state index in [4.69, 9.17) is 0 Å². The first kappa shape index (κ1) is 14.5. The van der Waals surface area contributed by atoms with Gasteiger partial charge in [-0.15, -0.1) is 0 Å². The van der Waals surface area contributed by atoms with Crippen LogP contribution in [0.5, 0.6) is 0 Å². The van der Waals surface area contributed by atoms with E-state index in [0.717, 1.165) is 31.9 Å². The van der Waals surface area contributed by atoms with Crippen LogP contribution in [0.2, 0.25) is 0 Å². The number of hydrogen-bond acceptors (Lipinski definition) is 3. The fraction of sp³-hybridized carbons (Fsp3) is 0.800. The number of nitrogens with zero attached hydrogens (tertiary/aromatic N) is 3. The molecule has 1 atom stereocenters. The van der Waals surface area contributed by atoms with Crippen molar-refractivity contribution >= 4 is 0 Å². The molecule has 2 rings (SSSR count). The maximum Gasteiger partial charge on any atom is 0.111 e. The molecule has 0 saturated carbocycles. The van der Waals surface area contributed by atoms with Crippen LogP contribution in [0.3, 0.4) is 0 Å². The normalized spacial score (nSPS) is 18.9. The highest BCUT2D eigenvalue weighted by Gasteiger charge is 2.36. The van der Waals surface area contributed by atoms with Crippen LogP contribution in [0, 0.1) is 0 Å². The molecular formula is C15H27N3O. The molecule has 0 spiro atoms. The first-order chi connectivity index (χ1) is 9.05. The molecule has 19 heavy (non-hydrogen) atoms. The number of aromatic nitrogens is 2. The lowest BCUT2D eigenvalue weighted by molar-refractivity contribution is 0.00185. The Kier molecular flexibility index (Phi) is 4.63. The Bertz CT molecular complexity index is 394. The second-order valence-corrected chi connectivity index (χ2v) is 6.10. The fourth-order valence-corrected chi connectivity index (χ4v) is 2.90. The second kappa shape index (κ2) is 6.06. The van der Waals surface area contributed by atoms with Gasteiger partial charge in [-0.1, -0.05) is 6.92 Å². The quantitative estimate of drug-likeness (QED) is 0.856. The lowest BCUT2D eigenvalue weighted by atomic mass is 9.92. The largest absolute Gasteiger partial charge is 0.391 e. The summed E-state index contributed by atoms with van der Waals surface area (Å²) in [5.74, 6) is 1.00. The van der Waals surface area contributed by atoms with Crippen molar-refractivity contribution in [1.82, 2.24) is 14.5 Å². The predicted octanol–water partition coefficient (Wildman–Crippen LogP) is 2.07. The summed E-state index contributed by atoms with van der Waals surface area (Å²) in [6.45, 7) is 9.65. The van der Waals surface area contributed by atoms with Gasteiger partial charge in [0.25, 0.3) is 0 Å². The smallest absolute Gasteiger partial charge is 0.111 e. The zero-order valence-corrected chi connectivity index (χ0v) is 12.5. The van der Waals surface area contributed by atoms with Gasteiger partial charge in [0.05, 0.1) is 6.10 Å². The number of imidazole rings is 1. The van der Waals surface area contributed by atoms with Crippen molar-refractivity contribution in [2.24, 2.45) is 0 Å². The second-order valence-electron chi connectivity index (χ2n) is 6.10. The highest BCUT2D eigenvalue weighted by atomic mass is 16.3. The highest BCUT2D eigenvalue weighted by Crippen LogP contribution is 2.26. The van der Waals surface area contributed by atoms with E-state index in [0.29, 0.717) is 6.42 Å². The Hall–Kier alpha value is -0.870. The average Bonchev–Trinajstić information content (AvgIpc) is 3.01. The summed E-state index contributed by atoms with van der Waals surface area (Å²) in [5, 5.41) is 10.6. The van der Waals surface area contributed by atoms with Crippen LogP contribution in [0.4, 0.5) is 0 Å². The Morgan fingerprint density at radius 1 is 1.37 bits per heavy atom. The summed E-state index contributed by atoms with van der Waals surface area (Å²) < 4.78 is 2.16. The molecule has 0 bridgehead atoms. The standard InChI is InChI=1S/C15H27N3O/c1-4-8-17-11-7-16-14(17)12-13(19)15(2,3)18-9-5-6-10-18/h7,11,13,19H,4-6,8-10,12H2,1-3H3. The zero-order valence-electron chi connectivity index (χ0n) is 12.5. The number of likely N-dealkylation sites (tertiary alicyclic amines) is 1. The van der Waals surface area contributed by atoms with Crippen molar-refractivity contribution in [2.75, 3.05) is 13.1 Å². The minimum Gasteiger partial charge on any atom is -0.391 e. The maximum atomic E-state index is 10.6. The average molecular weight is 265 g/mol. The van der Waals surface area contributed by atoms with Crippen LogP contribution in [0.25, 0.3) is 0 Å². The molecule has 0 amide bonds. The number of aryl methyl sites for hydroxylation is 1. The van der Waals surface area contributed by atoms with Crippen molar-refractivity contribution < 1.29 is 5.11 Å². The molecule has 4 nitrogen and oxygen atoms in total. The minimum atomic E-state index is -0.372. The third-order valence-corrected chi connectivity index (χ3v) is 4.38. The molecule has 1 aromatic heterocycles. The summed E-state index contributed by atoms with van der Waals surface area (Å²) >= 11 is 0. The molecule has 1 aliphatic heterocycles. The monoisotopic (exact) mass is 265 g/mol. The van der Waals surface area contributed by atoms with Gasteiger partial charge < -0.3 is 9.67 Å². The molecule has 1 fully saturated rings. The number of rotatable bonds is 6. The molecule has 2 heterocycles. The van der Waals surface area contributed by atoms with Gasteiger partial charge in [0.1, 0.15) is 5.82 Å². The summed E-state index contributed by atoms with van der Waals surface area (Å²) in [5.41, 5.74) is -0.167. The fourth-order valence-electron chi connectivity index (χ4n) is 2.90. The van der Waals surface area contributed by atoms with Crippen molar-refractivity contribution in [1.29, 1.82) is 0 Å². The molecule has 0 radical (unpaired) electrons. The lowest BCUT2D eigenvalue weighted by Crippen LogP contribution is -2.52. The van der Waals surface area contributed by atoms with Crippen LogP contribution >= 0.6 is 0 Å². The van der Waals surface area contributed by atoms with Gasteiger partial charge in [-0.25, -0.2) is 4.98 Å². The third-order valence-electron chi connectivity index (χ3n) is 4.38. The SMILES string of the molecule is CCCn1ccnc1CC(O)C(C)(C)N1CCCC1. The molecule has 1 aromatic rings. The summed E-state index contributed by atoms with van der Waals surface area (Å²) in [6, 6.07) is 0. The van der Waals surface area contributed by atoms with Crippen molar-refractivity contribution in [3.05, 3.63) is 18.2 Å². The van der Waals surface area contributed by atoms with E-state index in [2.05, 4.69) is 35.2 Å². The topological polar surface area (TPSA) is 41.3 Å². The molecule has 1 N–H and O–H groups in total. The van der Waals surface area contributed by atoms with Crippen LogP contribution < -0.4 is 0 Å². The first-order valence-electron chi connectivity index (χ1n) is 7.49. The molecule has 0 aromatic carbocycles. The van der Waals surface area contributed by atoms with Gasteiger partial charge in [0.2, 0.25) is 0 Å². The summed E-state index contributed by atoms with van der Waals surface area (Å²) in [4.78, 5) is 6.81.